The van der Waals surface area contributed by atoms with Gasteiger partial charge in [0.1, 0.15) is 6.79 Å². The molecule has 0 bridgehead atoms. The molecule has 0 aliphatic rings. The van der Waals surface area contributed by atoms with E-state index in [9.17, 15) is 0 Å². The van der Waals surface area contributed by atoms with Crippen molar-refractivity contribution in [3.8, 4) is 0 Å². The molecule has 0 saturated heterocycles. The molecule has 0 spiro atoms. The van der Waals surface area contributed by atoms with E-state index in [1.54, 1.807) is 0 Å². The van der Waals surface area contributed by atoms with E-state index in [0.29, 0.717) is 0 Å². The smallest absolute Gasteiger partial charge is 0.412 e. The van der Waals surface area contributed by atoms with E-state index in [-0.39, 0.29) is 5.48 Å². The van der Waals surface area contributed by atoms with Gasteiger partial charge < -0.3 is 36.4 Å². The third kappa shape index (κ3) is 590. The van der Waals surface area contributed by atoms with Crippen LogP contribution < -0.4 is 11.5 Å². The number of phosphoric acid groups is 1. The van der Waals surface area contributed by atoms with E-state index in [1.807, 2.05) is 6.79 Å². The Kier molecular flexibility index (Phi) is 23.7. The Morgan fingerprint density at radius 2 is 1.17 bits per heavy atom. The summed E-state index contributed by atoms with van der Waals surface area (Å²) < 4.78 is 8.88. The summed E-state index contributed by atoms with van der Waals surface area (Å²) in [7, 11) is -4.64. The zero-order valence-electron chi connectivity index (χ0n) is 5.88. The fourth-order valence-electron chi connectivity index (χ4n) is 0. The van der Waals surface area contributed by atoms with Crippen LogP contribution in [-0.2, 0) is 9.36 Å². The summed E-state index contributed by atoms with van der Waals surface area (Å²) in [5.41, 5.74) is 8.50. The highest BCUT2D eigenvalue weighted by Gasteiger charge is 2.00. The molecule has 0 aromatic carbocycles. The Balaban J connectivity index is -0.0000000419. The molecule has 0 atom stereocenters. The van der Waals surface area contributed by atoms with Gasteiger partial charge in [-0.2, -0.15) is 0 Å². The van der Waals surface area contributed by atoms with Crippen molar-refractivity contribution in [1.29, 1.82) is 0 Å². The third-order valence-electron chi connectivity index (χ3n) is 0. The number of nitrogens with two attached hydrogens (primary N) is 2. The predicted octanol–water partition coefficient (Wildman–Crippen LogP) is -2.91. The van der Waals surface area contributed by atoms with Gasteiger partial charge in [0, 0.05) is 0 Å². The van der Waals surface area contributed by atoms with Crippen LogP contribution in [-0.4, -0.2) is 33.0 Å². The molecule has 0 aromatic heterocycles. The van der Waals surface area contributed by atoms with Crippen LogP contribution in [0, 0.1) is 0 Å². The maximum Gasteiger partial charge on any atom is 0.466 e. The van der Waals surface area contributed by atoms with Crippen molar-refractivity contribution in [3.63, 3.8) is 0 Å². The lowest BCUT2D eigenvalue weighted by Crippen LogP contribution is -2.18. The third-order valence-corrected chi connectivity index (χ3v) is 0. The van der Waals surface area contributed by atoms with Crippen molar-refractivity contribution in [1.82, 2.24) is 0 Å². The number of primary amides is 2. The quantitative estimate of drug-likeness (QED) is 0.263. The van der Waals surface area contributed by atoms with Crippen LogP contribution in [0.15, 0.2) is 0 Å². The normalized spacial score (nSPS) is 7.25. The zero-order valence-corrected chi connectivity index (χ0v) is 6.77. The first-order chi connectivity index (χ1) is 4.73. The minimum atomic E-state index is -4.64. The monoisotopic (exact) mass is 206 g/mol. The molecule has 0 fully saturated rings. The van der Waals surface area contributed by atoms with Crippen molar-refractivity contribution in [3.05, 3.63) is 0 Å². The fourth-order valence-corrected chi connectivity index (χ4v) is 0. The maximum atomic E-state index is 9.00. The van der Waals surface area contributed by atoms with Gasteiger partial charge >= 0.3 is 13.9 Å². The Hall–Kier alpha value is -0.990. The lowest BCUT2D eigenvalue weighted by molar-refractivity contribution is -0.0980. The average Bonchev–Trinajstić information content (AvgIpc) is 1.63. The minimum Gasteiger partial charge on any atom is -0.412 e. The van der Waals surface area contributed by atoms with Gasteiger partial charge in [-0.25, -0.2) is 9.36 Å². The van der Waals surface area contributed by atoms with Gasteiger partial charge in [-0.15, -0.1) is 0 Å². The summed E-state index contributed by atoms with van der Waals surface area (Å²) in [5, 5.41) is 0. The molecule has 9 nitrogen and oxygen atoms in total. The van der Waals surface area contributed by atoms with Crippen molar-refractivity contribution >= 4 is 20.6 Å². The number of carbonyl (C=O) groups is 2. The second kappa shape index (κ2) is 12.7. The first kappa shape index (κ1) is 22.5. The standard InChI is InChI=1S/CH4N2O.CH2O.H3O4P.H2O/c2-1(3)4;1-2;1-5(2,3)4;/h(H4,2,3,4);1H2;(H3,1,2,3,4);1H2. The summed E-state index contributed by atoms with van der Waals surface area (Å²) in [6, 6.07) is -0.833. The molecule has 10 heteroatoms. The molecule has 12 heavy (non-hydrogen) atoms. The molecule has 0 aliphatic carbocycles. The van der Waals surface area contributed by atoms with Crippen molar-refractivity contribution in [2.45, 2.75) is 0 Å². The van der Waals surface area contributed by atoms with Gasteiger partial charge in [0.2, 0.25) is 0 Å². The summed E-state index contributed by atoms with van der Waals surface area (Å²) in [4.78, 5) is 38.6. The second-order valence-electron chi connectivity index (χ2n) is 0.916. The molecule has 2 amide bonds. The molecule has 0 aromatic rings. The lowest BCUT2D eigenvalue weighted by Gasteiger charge is -1.82. The summed E-state index contributed by atoms with van der Waals surface area (Å²) in [5.74, 6) is 0. The number of rotatable bonds is 0. The van der Waals surface area contributed by atoms with Crippen molar-refractivity contribution < 1.29 is 34.3 Å². The number of carbonyl (C=O) groups excluding carboxylic acids is 2. The van der Waals surface area contributed by atoms with Crippen LogP contribution >= 0.6 is 7.82 Å². The maximum absolute atomic E-state index is 9.00. The molecular formula is C2H11N2O7P. The molecule has 76 valence electrons. The second-order valence-corrected chi connectivity index (χ2v) is 1.94. The summed E-state index contributed by atoms with van der Waals surface area (Å²) in [6.45, 7) is 2.00. The molecular weight excluding hydrogens is 195 g/mol. The molecule has 9 N–H and O–H groups in total. The van der Waals surface area contributed by atoms with Gasteiger partial charge in [-0.1, -0.05) is 0 Å². The Bertz CT molecular complexity index is 130. The number of urea groups is 1. The first-order valence-electron chi connectivity index (χ1n) is 1.85. The van der Waals surface area contributed by atoms with Gasteiger partial charge in [-0.3, -0.25) is 0 Å². The van der Waals surface area contributed by atoms with E-state index < -0.39 is 13.9 Å². The van der Waals surface area contributed by atoms with Crippen molar-refractivity contribution in [2.24, 2.45) is 11.5 Å². The Morgan fingerprint density at radius 3 is 1.17 bits per heavy atom. The zero-order chi connectivity index (χ0) is 10.1. The highest BCUT2D eigenvalue weighted by atomic mass is 31.2. The Morgan fingerprint density at radius 1 is 1.17 bits per heavy atom. The van der Waals surface area contributed by atoms with Crippen LogP contribution in [0.4, 0.5) is 4.79 Å². The van der Waals surface area contributed by atoms with E-state index in [0.717, 1.165) is 0 Å². The molecule has 0 rings (SSSR count). The van der Waals surface area contributed by atoms with Crippen LogP contribution in [0.2, 0.25) is 0 Å². The highest BCUT2D eigenvalue weighted by molar-refractivity contribution is 7.45. The number of hydrogen-bond donors (Lipinski definition) is 5. The molecule has 0 unspecified atom stereocenters. The average molecular weight is 206 g/mol. The van der Waals surface area contributed by atoms with Gasteiger partial charge in [0.25, 0.3) is 0 Å². The Labute approximate surface area is 67.5 Å². The van der Waals surface area contributed by atoms with Crippen LogP contribution in [0.1, 0.15) is 0 Å². The molecule has 0 saturated carbocycles. The van der Waals surface area contributed by atoms with Gasteiger partial charge in [0.15, 0.2) is 0 Å². The van der Waals surface area contributed by atoms with E-state index in [4.69, 9.17) is 28.8 Å². The van der Waals surface area contributed by atoms with Gasteiger partial charge in [0.05, 0.1) is 0 Å². The van der Waals surface area contributed by atoms with Gasteiger partial charge in [-0.05, 0) is 0 Å². The van der Waals surface area contributed by atoms with E-state index in [2.05, 4.69) is 11.5 Å². The van der Waals surface area contributed by atoms with Crippen molar-refractivity contribution in [2.75, 3.05) is 0 Å². The first-order valence-corrected chi connectivity index (χ1v) is 3.42. The van der Waals surface area contributed by atoms with Crippen LogP contribution in [0.3, 0.4) is 0 Å². The summed E-state index contributed by atoms with van der Waals surface area (Å²) in [6.07, 6.45) is 0. The predicted molar refractivity (Wildman–Crippen MR) is 38.8 cm³/mol. The molecule has 0 radical (unpaired) electrons. The van der Waals surface area contributed by atoms with E-state index in [1.165, 1.54) is 0 Å². The molecule has 0 heterocycles. The topological polar surface area (TPSA) is 195 Å². The van der Waals surface area contributed by atoms with E-state index >= 15 is 0 Å². The number of hydrogen-bond acceptors (Lipinski definition) is 3. The molecule has 0 aliphatic heterocycles. The minimum absolute atomic E-state index is 0. The lowest BCUT2D eigenvalue weighted by atomic mass is 11.2. The SMILES string of the molecule is C=O.NC(N)=O.O.O=P(O)(O)O. The van der Waals surface area contributed by atoms with Crippen LogP contribution in [0.25, 0.3) is 0 Å². The van der Waals surface area contributed by atoms with Crippen LogP contribution in [0.5, 0.6) is 0 Å². The number of amides is 2. The largest absolute Gasteiger partial charge is 0.466 e. The highest BCUT2D eigenvalue weighted by Crippen LogP contribution is 2.25. The summed E-state index contributed by atoms with van der Waals surface area (Å²) >= 11 is 0. The fraction of sp³-hybridized carbons (Fsp3) is 0.